The highest BCUT2D eigenvalue weighted by molar-refractivity contribution is 6.07. The van der Waals surface area contributed by atoms with Gasteiger partial charge in [-0.2, -0.15) is 4.99 Å². The number of hydrogen-bond donors (Lipinski definition) is 3. The van der Waals surface area contributed by atoms with Crippen LogP contribution in [0.1, 0.15) is 40.4 Å². The molecule has 0 aliphatic rings. The summed E-state index contributed by atoms with van der Waals surface area (Å²) in [6.07, 6.45) is 4.65. The van der Waals surface area contributed by atoms with Gasteiger partial charge in [-0.05, 0) is 37.0 Å². The summed E-state index contributed by atoms with van der Waals surface area (Å²) in [6, 6.07) is 11.3. The Balaban J connectivity index is 2.62. The van der Waals surface area contributed by atoms with Gasteiger partial charge in [0.15, 0.2) is 5.96 Å². The van der Waals surface area contributed by atoms with Crippen LogP contribution < -0.4 is 16.2 Å². The first-order valence-electron chi connectivity index (χ1n) is 8.77. The van der Waals surface area contributed by atoms with Crippen LogP contribution in [0.15, 0.2) is 53.5 Å². The van der Waals surface area contributed by atoms with E-state index in [1.807, 2.05) is 43.3 Å². The number of benzene rings is 2. The van der Waals surface area contributed by atoms with Crippen LogP contribution in [0.5, 0.6) is 11.5 Å². The number of methoxy groups -OCH3 is 1. The fourth-order valence-corrected chi connectivity index (χ4v) is 2.75. The number of carbonyl (C=O) groups is 1. The van der Waals surface area contributed by atoms with E-state index in [1.54, 1.807) is 12.1 Å². The van der Waals surface area contributed by atoms with Gasteiger partial charge < -0.3 is 21.3 Å². The van der Waals surface area contributed by atoms with Crippen LogP contribution in [0.3, 0.4) is 0 Å². The molecule has 0 heterocycles. The Bertz CT molecular complexity index is 928. The monoisotopic (exact) mass is 379 g/mol. The highest BCUT2D eigenvalue weighted by Crippen LogP contribution is 2.37. The number of aromatic hydroxyl groups is 1. The lowest BCUT2D eigenvalue weighted by atomic mass is 9.95. The van der Waals surface area contributed by atoms with Crippen molar-refractivity contribution in [2.45, 2.75) is 19.8 Å². The first kappa shape index (κ1) is 20.8. The molecule has 0 bridgehead atoms. The van der Waals surface area contributed by atoms with Crippen molar-refractivity contribution in [1.29, 1.82) is 0 Å². The maximum Gasteiger partial charge on any atom is 0.284 e. The third-order valence-corrected chi connectivity index (χ3v) is 4.12. The van der Waals surface area contributed by atoms with Gasteiger partial charge in [0, 0.05) is 5.56 Å². The average molecular weight is 379 g/mol. The molecule has 0 fully saturated rings. The molecule has 6 heteroatoms. The maximum absolute atomic E-state index is 12.6. The van der Waals surface area contributed by atoms with Crippen molar-refractivity contribution >= 4 is 24.0 Å². The number of phenolic OH excluding ortho intramolecular Hbond substituents is 1. The number of hydrogen-bond acceptors (Lipinski definition) is 3. The number of phenols is 1. The molecule has 0 saturated carbocycles. The van der Waals surface area contributed by atoms with E-state index >= 15 is 0 Å². The number of nitrogens with two attached hydrogens (primary N) is 2. The van der Waals surface area contributed by atoms with E-state index in [1.165, 1.54) is 7.11 Å². The van der Waals surface area contributed by atoms with Gasteiger partial charge in [-0.3, -0.25) is 4.79 Å². The number of ether oxygens (including phenoxy) is 1. The smallest absolute Gasteiger partial charge is 0.284 e. The van der Waals surface area contributed by atoms with Gasteiger partial charge in [-0.15, -0.1) is 6.58 Å². The van der Waals surface area contributed by atoms with Crippen LogP contribution in [-0.4, -0.2) is 24.1 Å². The van der Waals surface area contributed by atoms with E-state index in [2.05, 4.69) is 11.6 Å². The Labute approximate surface area is 164 Å². The van der Waals surface area contributed by atoms with Crippen molar-refractivity contribution in [3.05, 3.63) is 70.8 Å². The molecule has 0 unspecified atom stereocenters. The molecule has 0 radical (unpaired) electrons. The zero-order valence-corrected chi connectivity index (χ0v) is 16.1. The summed E-state index contributed by atoms with van der Waals surface area (Å²) in [5.74, 6) is -0.804. The van der Waals surface area contributed by atoms with Crippen molar-refractivity contribution in [3.63, 3.8) is 0 Å². The number of carbonyl (C=O) groups excluding carboxylic acids is 1. The zero-order valence-electron chi connectivity index (χ0n) is 16.1. The number of allylic oxidation sites excluding steroid dienone is 1. The highest BCUT2D eigenvalue weighted by Gasteiger charge is 2.22. The van der Waals surface area contributed by atoms with Gasteiger partial charge in [0.05, 0.1) is 12.7 Å². The summed E-state index contributed by atoms with van der Waals surface area (Å²) in [7, 11) is 1.52. The minimum absolute atomic E-state index is 0.0260. The summed E-state index contributed by atoms with van der Waals surface area (Å²) in [4.78, 5) is 16.2. The van der Waals surface area contributed by atoms with Crippen LogP contribution in [0.2, 0.25) is 0 Å². The van der Waals surface area contributed by atoms with Gasteiger partial charge in [0.25, 0.3) is 5.91 Å². The fourth-order valence-electron chi connectivity index (χ4n) is 2.75. The Morgan fingerprint density at radius 1 is 1.25 bits per heavy atom. The van der Waals surface area contributed by atoms with Gasteiger partial charge in [0.1, 0.15) is 11.5 Å². The molecule has 0 atom stereocenters. The van der Waals surface area contributed by atoms with Gasteiger partial charge in [0.2, 0.25) is 0 Å². The predicted octanol–water partition coefficient (Wildman–Crippen LogP) is 3.49. The van der Waals surface area contributed by atoms with Crippen LogP contribution in [0.25, 0.3) is 12.2 Å². The van der Waals surface area contributed by atoms with Crippen LogP contribution in [0.4, 0.5) is 0 Å². The first-order valence-corrected chi connectivity index (χ1v) is 8.77. The van der Waals surface area contributed by atoms with E-state index in [-0.39, 0.29) is 17.3 Å². The second-order valence-corrected chi connectivity index (χ2v) is 6.41. The molecule has 0 spiro atoms. The molecule has 2 aromatic rings. The third-order valence-electron chi connectivity index (χ3n) is 4.12. The van der Waals surface area contributed by atoms with Crippen LogP contribution >= 0.6 is 0 Å². The Morgan fingerprint density at radius 2 is 1.93 bits per heavy atom. The number of amides is 1. The molecule has 146 valence electrons. The number of guanidine groups is 1. The maximum atomic E-state index is 12.6. The van der Waals surface area contributed by atoms with E-state index in [9.17, 15) is 9.90 Å². The second-order valence-electron chi connectivity index (χ2n) is 6.41. The highest BCUT2D eigenvalue weighted by atomic mass is 16.5. The fraction of sp³-hybridized carbons (Fsp3) is 0.182. The molecule has 0 saturated heterocycles. The third kappa shape index (κ3) is 5.23. The summed E-state index contributed by atoms with van der Waals surface area (Å²) >= 11 is 0. The lowest BCUT2D eigenvalue weighted by Gasteiger charge is -2.16. The first-order chi connectivity index (χ1) is 13.3. The average Bonchev–Trinajstić information content (AvgIpc) is 2.64. The molecule has 5 N–H and O–H groups in total. The summed E-state index contributed by atoms with van der Waals surface area (Å²) in [6.45, 7) is 5.77. The Morgan fingerprint density at radius 3 is 2.50 bits per heavy atom. The standard InChI is InChI=1S/C22H25N3O3/c1-14(2)9-12-17-18(28-3)13-16(11-10-15-7-5-4-6-8-15)19(20(17)26)21(27)25-22(23)24/h4-8,10-11,13,26H,1,9,12H2,2-3H3,(H4,23,24,25,27)/b11-10+. The number of nitrogens with zero attached hydrogens (tertiary/aromatic N) is 1. The molecular weight excluding hydrogens is 354 g/mol. The molecule has 2 aromatic carbocycles. The molecule has 28 heavy (non-hydrogen) atoms. The van der Waals surface area contributed by atoms with E-state index in [0.29, 0.717) is 29.7 Å². The molecular formula is C22H25N3O3. The number of aliphatic imine (C=N–C) groups is 1. The molecule has 1 amide bonds. The van der Waals surface area contributed by atoms with Crippen molar-refractivity contribution in [2.75, 3.05) is 7.11 Å². The van der Waals surface area contributed by atoms with Gasteiger partial charge >= 0.3 is 0 Å². The largest absolute Gasteiger partial charge is 0.507 e. The zero-order chi connectivity index (χ0) is 20.7. The lowest BCUT2D eigenvalue weighted by molar-refractivity contribution is 0.0999. The van der Waals surface area contributed by atoms with Crippen molar-refractivity contribution < 1.29 is 14.6 Å². The topological polar surface area (TPSA) is 111 Å². The summed E-state index contributed by atoms with van der Waals surface area (Å²) in [5.41, 5.74) is 13.6. The van der Waals surface area contributed by atoms with E-state index in [4.69, 9.17) is 16.2 Å². The summed E-state index contributed by atoms with van der Waals surface area (Å²) < 4.78 is 5.45. The minimum Gasteiger partial charge on any atom is -0.507 e. The number of rotatable bonds is 7. The SMILES string of the molecule is C=C(C)CCc1c(OC)cc(/C=C/c2ccccc2)c(C(=O)N=C(N)N)c1O. The molecule has 0 aliphatic carbocycles. The van der Waals surface area contributed by atoms with E-state index in [0.717, 1.165) is 11.1 Å². The molecule has 2 rings (SSSR count). The molecule has 0 aromatic heterocycles. The van der Waals surface area contributed by atoms with E-state index < -0.39 is 5.91 Å². The second kappa shape index (κ2) is 9.41. The predicted molar refractivity (Wildman–Crippen MR) is 113 cm³/mol. The lowest BCUT2D eigenvalue weighted by Crippen LogP contribution is -2.24. The normalized spacial score (nSPS) is 10.6. The minimum atomic E-state index is -0.718. The van der Waals surface area contributed by atoms with Crippen LogP contribution in [-0.2, 0) is 6.42 Å². The summed E-state index contributed by atoms with van der Waals surface area (Å²) in [5, 5.41) is 10.9. The Hall–Kier alpha value is -3.54. The molecule has 6 nitrogen and oxygen atoms in total. The molecule has 0 aliphatic heterocycles. The Kier molecular flexibility index (Phi) is 6.98. The van der Waals surface area contributed by atoms with Crippen LogP contribution in [0, 0.1) is 0 Å². The van der Waals surface area contributed by atoms with Gasteiger partial charge in [-0.1, -0.05) is 48.1 Å². The van der Waals surface area contributed by atoms with Crippen molar-refractivity contribution in [3.8, 4) is 11.5 Å². The van der Waals surface area contributed by atoms with Gasteiger partial charge in [-0.25, -0.2) is 0 Å². The quantitative estimate of drug-likeness (QED) is 0.295. The van der Waals surface area contributed by atoms with Crippen molar-refractivity contribution in [1.82, 2.24) is 0 Å². The van der Waals surface area contributed by atoms with Crippen molar-refractivity contribution in [2.24, 2.45) is 16.5 Å².